The summed E-state index contributed by atoms with van der Waals surface area (Å²) in [6, 6.07) is 9.31. The predicted molar refractivity (Wildman–Crippen MR) is 74.1 cm³/mol. The van der Waals surface area contributed by atoms with Gasteiger partial charge in [-0.15, -0.1) is 0 Å². The maximum Gasteiger partial charge on any atom is 0.328 e. The molecule has 2 rings (SSSR count). The molecular formula is C15H12N2O2. The van der Waals surface area contributed by atoms with Gasteiger partial charge in [0.1, 0.15) is 0 Å². The van der Waals surface area contributed by atoms with Crippen LogP contribution in [0.5, 0.6) is 0 Å². The molecule has 4 heteroatoms. The van der Waals surface area contributed by atoms with E-state index in [4.69, 9.17) is 5.11 Å². The largest absolute Gasteiger partial charge is 0.478 e. The Morgan fingerprint density at radius 2 is 1.79 bits per heavy atom. The number of aliphatic carboxylic acids is 1. The second-order valence-electron chi connectivity index (χ2n) is 3.78. The van der Waals surface area contributed by atoms with Gasteiger partial charge in [0.05, 0.1) is 11.4 Å². The van der Waals surface area contributed by atoms with Crippen LogP contribution >= 0.6 is 0 Å². The van der Waals surface area contributed by atoms with E-state index in [2.05, 4.69) is 9.97 Å². The van der Waals surface area contributed by atoms with Gasteiger partial charge in [0.15, 0.2) is 0 Å². The van der Waals surface area contributed by atoms with Crippen LogP contribution in [0.25, 0.3) is 18.2 Å². The molecule has 0 radical (unpaired) electrons. The van der Waals surface area contributed by atoms with Crippen molar-refractivity contribution in [1.29, 1.82) is 0 Å². The molecule has 2 aromatic heterocycles. The Hall–Kier alpha value is -2.75. The maximum atomic E-state index is 10.4. The van der Waals surface area contributed by atoms with E-state index in [9.17, 15) is 4.79 Å². The van der Waals surface area contributed by atoms with Gasteiger partial charge < -0.3 is 5.11 Å². The Labute approximate surface area is 110 Å². The van der Waals surface area contributed by atoms with Gasteiger partial charge in [0.2, 0.25) is 0 Å². The summed E-state index contributed by atoms with van der Waals surface area (Å²) in [6.07, 6.45) is 9.66. The fraction of sp³-hybridized carbons (Fsp3) is 0. The lowest BCUT2D eigenvalue weighted by molar-refractivity contribution is -0.131. The average molecular weight is 252 g/mol. The molecule has 0 aromatic carbocycles. The lowest BCUT2D eigenvalue weighted by Crippen LogP contribution is -1.86. The van der Waals surface area contributed by atoms with Gasteiger partial charge in [-0.3, -0.25) is 9.97 Å². The first-order chi connectivity index (χ1) is 9.24. The van der Waals surface area contributed by atoms with Crippen LogP contribution in [0.1, 0.15) is 17.0 Å². The van der Waals surface area contributed by atoms with E-state index in [0.717, 1.165) is 23.0 Å². The number of rotatable bonds is 4. The number of carbonyl (C=O) groups is 1. The zero-order valence-corrected chi connectivity index (χ0v) is 10.1. The Morgan fingerprint density at radius 1 is 1.00 bits per heavy atom. The minimum absolute atomic E-state index is 0.748. The summed E-state index contributed by atoms with van der Waals surface area (Å²) in [5.41, 5.74) is 2.40. The Kier molecular flexibility index (Phi) is 4.18. The van der Waals surface area contributed by atoms with Crippen molar-refractivity contribution in [3.8, 4) is 0 Å². The number of pyridine rings is 2. The van der Waals surface area contributed by atoms with E-state index in [0.29, 0.717) is 0 Å². The molecule has 2 aromatic rings. The first-order valence-corrected chi connectivity index (χ1v) is 5.70. The van der Waals surface area contributed by atoms with Crippen molar-refractivity contribution in [2.24, 2.45) is 0 Å². The summed E-state index contributed by atoms with van der Waals surface area (Å²) in [4.78, 5) is 18.8. The molecule has 0 unspecified atom stereocenters. The van der Waals surface area contributed by atoms with Crippen LogP contribution in [-0.4, -0.2) is 21.0 Å². The van der Waals surface area contributed by atoms with Crippen molar-refractivity contribution in [2.45, 2.75) is 0 Å². The lowest BCUT2D eigenvalue weighted by Gasteiger charge is -1.95. The summed E-state index contributed by atoms with van der Waals surface area (Å²) in [5, 5.41) is 8.51. The van der Waals surface area contributed by atoms with Crippen LogP contribution in [0.15, 0.2) is 48.8 Å². The highest BCUT2D eigenvalue weighted by Gasteiger charge is 1.92. The molecule has 19 heavy (non-hydrogen) atoms. The summed E-state index contributed by atoms with van der Waals surface area (Å²) < 4.78 is 0. The highest BCUT2D eigenvalue weighted by molar-refractivity contribution is 5.85. The number of nitrogens with zero attached hydrogens (tertiary/aromatic N) is 2. The van der Waals surface area contributed by atoms with Crippen LogP contribution in [0.4, 0.5) is 0 Å². The van der Waals surface area contributed by atoms with Crippen LogP contribution in [-0.2, 0) is 4.79 Å². The SMILES string of the molecule is O=C(O)C=Cc1ccc(C=Cc2ccccn2)nc1. The number of hydrogen-bond acceptors (Lipinski definition) is 3. The molecule has 2 heterocycles. The monoisotopic (exact) mass is 252 g/mol. The van der Waals surface area contributed by atoms with Gasteiger partial charge in [0.25, 0.3) is 0 Å². The van der Waals surface area contributed by atoms with Crippen molar-refractivity contribution in [3.05, 3.63) is 65.8 Å². The van der Waals surface area contributed by atoms with Gasteiger partial charge >= 0.3 is 5.97 Å². The molecule has 0 atom stereocenters. The Morgan fingerprint density at radius 3 is 2.37 bits per heavy atom. The second kappa shape index (κ2) is 6.26. The molecule has 0 amide bonds. The van der Waals surface area contributed by atoms with E-state index in [1.165, 1.54) is 6.08 Å². The van der Waals surface area contributed by atoms with Crippen LogP contribution in [0, 0.1) is 0 Å². The van der Waals surface area contributed by atoms with E-state index < -0.39 is 5.97 Å². The molecule has 94 valence electrons. The fourth-order valence-corrected chi connectivity index (χ4v) is 1.43. The molecule has 0 bridgehead atoms. The average Bonchev–Trinajstić information content (AvgIpc) is 2.45. The number of carboxylic acid groups (broad SMARTS) is 1. The van der Waals surface area contributed by atoms with Crippen LogP contribution in [0.3, 0.4) is 0 Å². The first-order valence-electron chi connectivity index (χ1n) is 5.70. The van der Waals surface area contributed by atoms with Crippen molar-refractivity contribution in [1.82, 2.24) is 9.97 Å². The Bertz CT molecular complexity index is 602. The topological polar surface area (TPSA) is 63.1 Å². The zero-order chi connectivity index (χ0) is 13.5. The molecule has 1 N–H and O–H groups in total. The van der Waals surface area contributed by atoms with Crippen molar-refractivity contribution in [3.63, 3.8) is 0 Å². The predicted octanol–water partition coefficient (Wildman–Crippen LogP) is 2.74. The summed E-state index contributed by atoms with van der Waals surface area (Å²) in [6.45, 7) is 0. The summed E-state index contributed by atoms with van der Waals surface area (Å²) in [5.74, 6) is -0.973. The van der Waals surface area contributed by atoms with E-state index in [1.807, 2.05) is 42.5 Å². The number of hydrogen-bond donors (Lipinski definition) is 1. The normalized spacial score (nSPS) is 11.2. The minimum atomic E-state index is -0.973. The molecule has 4 nitrogen and oxygen atoms in total. The van der Waals surface area contributed by atoms with Crippen molar-refractivity contribution >= 4 is 24.2 Å². The minimum Gasteiger partial charge on any atom is -0.478 e. The first kappa shape index (κ1) is 12.7. The van der Waals surface area contributed by atoms with Gasteiger partial charge in [0, 0.05) is 18.5 Å². The molecule has 0 aliphatic heterocycles. The third-order valence-electron chi connectivity index (χ3n) is 2.34. The van der Waals surface area contributed by atoms with Gasteiger partial charge in [-0.25, -0.2) is 4.79 Å². The van der Waals surface area contributed by atoms with E-state index in [1.54, 1.807) is 12.4 Å². The molecule has 0 aliphatic rings. The summed E-state index contributed by atoms with van der Waals surface area (Å²) in [7, 11) is 0. The van der Waals surface area contributed by atoms with Crippen molar-refractivity contribution in [2.75, 3.05) is 0 Å². The van der Waals surface area contributed by atoms with E-state index >= 15 is 0 Å². The van der Waals surface area contributed by atoms with Gasteiger partial charge in [-0.2, -0.15) is 0 Å². The van der Waals surface area contributed by atoms with Crippen LogP contribution in [0.2, 0.25) is 0 Å². The molecular weight excluding hydrogens is 240 g/mol. The second-order valence-corrected chi connectivity index (χ2v) is 3.78. The molecule has 0 saturated carbocycles. The zero-order valence-electron chi connectivity index (χ0n) is 10.1. The van der Waals surface area contributed by atoms with Crippen LogP contribution < -0.4 is 0 Å². The van der Waals surface area contributed by atoms with E-state index in [-0.39, 0.29) is 0 Å². The lowest BCUT2D eigenvalue weighted by atomic mass is 10.2. The quantitative estimate of drug-likeness (QED) is 0.850. The Balaban J connectivity index is 2.07. The third-order valence-corrected chi connectivity index (χ3v) is 2.34. The molecule has 0 aliphatic carbocycles. The number of carboxylic acids is 1. The highest BCUT2D eigenvalue weighted by Crippen LogP contribution is 2.06. The standard InChI is InChI=1S/C15H12N2O2/c18-15(19)9-5-12-4-6-14(17-11-12)8-7-13-3-1-2-10-16-13/h1-11H,(H,18,19). The van der Waals surface area contributed by atoms with Gasteiger partial charge in [-0.05, 0) is 42.0 Å². The fourth-order valence-electron chi connectivity index (χ4n) is 1.43. The molecule has 0 fully saturated rings. The smallest absolute Gasteiger partial charge is 0.328 e. The maximum absolute atomic E-state index is 10.4. The van der Waals surface area contributed by atoms with Crippen molar-refractivity contribution < 1.29 is 9.90 Å². The molecule has 0 spiro atoms. The molecule has 0 saturated heterocycles. The van der Waals surface area contributed by atoms with Gasteiger partial charge in [-0.1, -0.05) is 12.1 Å². The number of aromatic nitrogens is 2. The highest BCUT2D eigenvalue weighted by atomic mass is 16.4. The third kappa shape index (κ3) is 4.20. The summed E-state index contributed by atoms with van der Waals surface area (Å²) >= 11 is 0.